The lowest BCUT2D eigenvalue weighted by Gasteiger charge is -2.23. The van der Waals surface area contributed by atoms with Crippen molar-refractivity contribution in [3.63, 3.8) is 0 Å². The Labute approximate surface area is 171 Å². The number of ether oxygens (including phenoxy) is 1. The topological polar surface area (TPSA) is 72.6 Å². The monoisotopic (exact) mass is 412 g/mol. The summed E-state index contributed by atoms with van der Waals surface area (Å²) in [6.45, 7) is 0. The van der Waals surface area contributed by atoms with E-state index >= 15 is 0 Å². The van der Waals surface area contributed by atoms with Gasteiger partial charge in [0.1, 0.15) is 17.7 Å². The molecule has 0 N–H and O–H groups in total. The zero-order valence-corrected chi connectivity index (χ0v) is 16.1. The standard InChI is InChI=1S/C22H18F2N2O4/c1-29-22(28)18-10-13-4-2-3-5-17(13)26(18)21(27)9-8-20-25-12-19(30-20)15-7-6-14(23)11-16(15)24/h2-7,11-12,18H,8-10H2,1H3. The second kappa shape index (κ2) is 8.06. The van der Waals surface area contributed by atoms with Crippen LogP contribution < -0.4 is 4.90 Å². The van der Waals surface area contributed by atoms with Gasteiger partial charge in [-0.15, -0.1) is 0 Å². The maximum atomic E-state index is 13.9. The fourth-order valence-electron chi connectivity index (χ4n) is 3.59. The van der Waals surface area contributed by atoms with Crippen molar-refractivity contribution in [2.45, 2.75) is 25.3 Å². The van der Waals surface area contributed by atoms with Crippen LogP contribution in [0.1, 0.15) is 17.9 Å². The fourth-order valence-corrected chi connectivity index (χ4v) is 3.59. The van der Waals surface area contributed by atoms with Crippen LogP contribution in [0.15, 0.2) is 53.1 Å². The molecule has 154 valence electrons. The first-order chi connectivity index (χ1) is 14.5. The number of amides is 1. The molecule has 0 aliphatic carbocycles. The minimum atomic E-state index is -0.761. The summed E-state index contributed by atoms with van der Waals surface area (Å²) in [7, 11) is 1.29. The first-order valence-corrected chi connectivity index (χ1v) is 9.36. The van der Waals surface area contributed by atoms with Crippen LogP contribution in [0.4, 0.5) is 14.5 Å². The summed E-state index contributed by atoms with van der Waals surface area (Å²) in [5.74, 6) is -1.82. The SMILES string of the molecule is COC(=O)C1Cc2ccccc2N1C(=O)CCc1ncc(-c2ccc(F)cc2F)o1. The first kappa shape index (κ1) is 19.8. The fraction of sp³-hybridized carbons (Fsp3) is 0.227. The van der Waals surface area contributed by atoms with Crippen molar-refractivity contribution >= 4 is 17.6 Å². The maximum absolute atomic E-state index is 13.9. The van der Waals surface area contributed by atoms with Crippen molar-refractivity contribution in [2.75, 3.05) is 12.0 Å². The summed E-state index contributed by atoms with van der Waals surface area (Å²) >= 11 is 0. The number of carbonyl (C=O) groups is 2. The largest absolute Gasteiger partial charge is 0.467 e. The molecule has 30 heavy (non-hydrogen) atoms. The molecule has 1 aliphatic heterocycles. The van der Waals surface area contributed by atoms with Gasteiger partial charge in [-0.25, -0.2) is 18.6 Å². The highest BCUT2D eigenvalue weighted by Gasteiger charge is 2.38. The predicted molar refractivity (Wildman–Crippen MR) is 104 cm³/mol. The number of oxazole rings is 1. The molecule has 2 aromatic carbocycles. The molecule has 2 heterocycles. The van der Waals surface area contributed by atoms with Crippen LogP contribution in [-0.2, 0) is 27.2 Å². The Hall–Kier alpha value is -3.55. The van der Waals surface area contributed by atoms with Crippen molar-refractivity contribution in [3.8, 4) is 11.3 Å². The summed E-state index contributed by atoms with van der Waals surface area (Å²) in [5, 5.41) is 0. The van der Waals surface area contributed by atoms with Crippen LogP contribution in [0.5, 0.6) is 0 Å². The van der Waals surface area contributed by atoms with Crippen LogP contribution in [0, 0.1) is 11.6 Å². The van der Waals surface area contributed by atoms with E-state index in [1.54, 1.807) is 12.1 Å². The number of anilines is 1. The molecular weight excluding hydrogens is 394 g/mol. The molecule has 0 bridgehead atoms. The highest BCUT2D eigenvalue weighted by atomic mass is 19.1. The Bertz CT molecular complexity index is 1110. The summed E-state index contributed by atoms with van der Waals surface area (Å²) in [5.41, 5.74) is 1.66. The lowest BCUT2D eigenvalue weighted by molar-refractivity contribution is -0.143. The molecule has 3 aromatic rings. The summed E-state index contributed by atoms with van der Waals surface area (Å²) in [6, 6.07) is 9.75. The minimum Gasteiger partial charge on any atom is -0.467 e. The van der Waals surface area contributed by atoms with Crippen molar-refractivity contribution in [1.29, 1.82) is 0 Å². The summed E-state index contributed by atoms with van der Waals surface area (Å²) in [6.07, 6.45) is 1.92. The number of nitrogens with zero attached hydrogens (tertiary/aromatic N) is 2. The number of benzene rings is 2. The number of esters is 1. The third kappa shape index (κ3) is 3.68. The molecule has 1 aromatic heterocycles. The van der Waals surface area contributed by atoms with Gasteiger partial charge in [-0.3, -0.25) is 9.69 Å². The Morgan fingerprint density at radius 3 is 2.80 bits per heavy atom. The second-order valence-electron chi connectivity index (χ2n) is 6.88. The number of methoxy groups -OCH3 is 1. The number of rotatable bonds is 5. The zero-order valence-electron chi connectivity index (χ0n) is 16.1. The van der Waals surface area contributed by atoms with E-state index in [-0.39, 0.29) is 36.0 Å². The molecule has 0 spiro atoms. The quantitative estimate of drug-likeness (QED) is 0.598. The van der Waals surface area contributed by atoms with Gasteiger partial charge in [0, 0.05) is 31.0 Å². The number of para-hydroxylation sites is 1. The molecule has 0 radical (unpaired) electrons. The van der Waals surface area contributed by atoms with Crippen molar-refractivity contribution in [3.05, 3.63) is 71.8 Å². The van der Waals surface area contributed by atoms with E-state index < -0.39 is 23.6 Å². The van der Waals surface area contributed by atoms with Crippen LogP contribution in [0.2, 0.25) is 0 Å². The van der Waals surface area contributed by atoms with Gasteiger partial charge in [0.15, 0.2) is 11.7 Å². The summed E-state index contributed by atoms with van der Waals surface area (Å²) < 4.78 is 37.4. The van der Waals surface area contributed by atoms with Crippen molar-refractivity contribution in [1.82, 2.24) is 4.98 Å². The summed E-state index contributed by atoms with van der Waals surface area (Å²) in [4.78, 5) is 30.6. The molecule has 0 saturated heterocycles. The zero-order chi connectivity index (χ0) is 21.3. The average molecular weight is 412 g/mol. The molecule has 8 heteroatoms. The maximum Gasteiger partial charge on any atom is 0.329 e. The lowest BCUT2D eigenvalue weighted by Crippen LogP contribution is -2.43. The van der Waals surface area contributed by atoms with Gasteiger partial charge in [0.05, 0.1) is 18.9 Å². The minimum absolute atomic E-state index is 0.0354. The van der Waals surface area contributed by atoms with E-state index in [1.807, 2.05) is 12.1 Å². The van der Waals surface area contributed by atoms with Gasteiger partial charge in [-0.2, -0.15) is 0 Å². The van der Waals surface area contributed by atoms with Gasteiger partial charge in [0.2, 0.25) is 5.91 Å². The highest BCUT2D eigenvalue weighted by Crippen LogP contribution is 2.33. The number of hydrogen-bond acceptors (Lipinski definition) is 5. The van der Waals surface area contributed by atoms with E-state index in [1.165, 1.54) is 24.3 Å². The number of aryl methyl sites for hydroxylation is 1. The van der Waals surface area contributed by atoms with Gasteiger partial charge >= 0.3 is 5.97 Å². The molecule has 0 saturated carbocycles. The third-order valence-electron chi connectivity index (χ3n) is 5.02. The Kier molecular flexibility index (Phi) is 5.31. The number of halogens is 2. The molecule has 1 atom stereocenters. The van der Waals surface area contributed by atoms with Gasteiger partial charge in [-0.1, -0.05) is 18.2 Å². The van der Waals surface area contributed by atoms with Crippen LogP contribution in [-0.4, -0.2) is 30.0 Å². The molecule has 4 rings (SSSR count). The second-order valence-corrected chi connectivity index (χ2v) is 6.88. The van der Waals surface area contributed by atoms with E-state index in [0.29, 0.717) is 12.1 Å². The number of aromatic nitrogens is 1. The molecular formula is C22H18F2N2O4. The molecule has 6 nitrogen and oxygen atoms in total. The van der Waals surface area contributed by atoms with Gasteiger partial charge in [-0.05, 0) is 23.8 Å². The van der Waals surface area contributed by atoms with Crippen LogP contribution in [0.3, 0.4) is 0 Å². The molecule has 1 unspecified atom stereocenters. The predicted octanol–water partition coefficient (Wildman–Crippen LogP) is 3.68. The molecule has 0 fully saturated rings. The first-order valence-electron chi connectivity index (χ1n) is 9.36. The smallest absolute Gasteiger partial charge is 0.329 e. The van der Waals surface area contributed by atoms with Crippen LogP contribution in [0.25, 0.3) is 11.3 Å². The van der Waals surface area contributed by atoms with E-state index in [2.05, 4.69) is 4.98 Å². The normalized spacial score (nSPS) is 15.2. The van der Waals surface area contributed by atoms with Crippen molar-refractivity contribution in [2.24, 2.45) is 0 Å². The highest BCUT2D eigenvalue weighted by molar-refractivity contribution is 6.02. The Balaban J connectivity index is 1.49. The van der Waals surface area contributed by atoms with E-state index in [0.717, 1.165) is 17.7 Å². The average Bonchev–Trinajstić information content (AvgIpc) is 3.36. The van der Waals surface area contributed by atoms with Gasteiger partial charge < -0.3 is 9.15 Å². The Morgan fingerprint density at radius 2 is 2.03 bits per heavy atom. The number of hydrogen-bond donors (Lipinski definition) is 0. The van der Waals surface area contributed by atoms with E-state index in [4.69, 9.17) is 9.15 Å². The molecule has 1 amide bonds. The third-order valence-corrected chi connectivity index (χ3v) is 5.02. The molecule has 1 aliphatic rings. The van der Waals surface area contributed by atoms with Gasteiger partial charge in [0.25, 0.3) is 0 Å². The lowest BCUT2D eigenvalue weighted by atomic mass is 10.1. The van der Waals surface area contributed by atoms with Crippen molar-refractivity contribution < 1.29 is 27.5 Å². The number of fused-ring (bicyclic) bond motifs is 1. The van der Waals surface area contributed by atoms with E-state index in [9.17, 15) is 18.4 Å². The Morgan fingerprint density at radius 1 is 1.23 bits per heavy atom. The number of carbonyl (C=O) groups excluding carboxylic acids is 2. The van der Waals surface area contributed by atoms with Crippen LogP contribution >= 0.6 is 0 Å².